The lowest BCUT2D eigenvalue weighted by atomic mass is 10.0. The van der Waals surface area contributed by atoms with Crippen molar-refractivity contribution in [1.82, 2.24) is 0 Å². The molecule has 0 aliphatic heterocycles. The van der Waals surface area contributed by atoms with Crippen molar-refractivity contribution in [2.75, 3.05) is 5.73 Å². The van der Waals surface area contributed by atoms with E-state index in [1.807, 2.05) is 0 Å². The minimum absolute atomic E-state index is 0.224. The Balaban J connectivity index is 3.19. The molecule has 0 atom stereocenters. The molecule has 0 unspecified atom stereocenters. The minimum Gasteiger partial charge on any atom is -0.399 e. The van der Waals surface area contributed by atoms with Gasteiger partial charge in [0.05, 0.1) is 12.0 Å². The lowest BCUT2D eigenvalue weighted by Crippen LogP contribution is -2.17. The van der Waals surface area contributed by atoms with Crippen LogP contribution in [0.25, 0.3) is 0 Å². The number of nitrogens with two attached hydrogens (primary N) is 1. The van der Waals surface area contributed by atoms with E-state index in [4.69, 9.17) is 5.73 Å². The predicted octanol–water partition coefficient (Wildman–Crippen LogP) is 3.39. The third-order valence-electron chi connectivity index (χ3n) is 1.83. The second kappa shape index (κ2) is 3.88. The Morgan fingerprint density at radius 2 is 1.56 bits per heavy atom. The van der Waals surface area contributed by atoms with Gasteiger partial charge in [0.2, 0.25) is 0 Å². The largest absolute Gasteiger partial charge is 0.416 e. The number of hydrogen-bond acceptors (Lipinski definition) is 1. The molecule has 16 heavy (non-hydrogen) atoms. The minimum atomic E-state index is -4.84. The fraction of sp³-hybridized carbons (Fsp3) is 0.333. The van der Waals surface area contributed by atoms with E-state index in [2.05, 4.69) is 0 Å². The van der Waals surface area contributed by atoms with Crippen LogP contribution < -0.4 is 5.73 Å². The molecule has 0 bridgehead atoms. The Kier molecular flexibility index (Phi) is 3.07. The lowest BCUT2D eigenvalue weighted by molar-refractivity contribution is -0.143. The molecule has 0 saturated carbocycles. The van der Waals surface area contributed by atoms with Gasteiger partial charge in [0, 0.05) is 5.69 Å². The van der Waals surface area contributed by atoms with Crippen molar-refractivity contribution in [1.29, 1.82) is 0 Å². The zero-order chi connectivity index (χ0) is 12.6. The van der Waals surface area contributed by atoms with E-state index < -0.39 is 29.9 Å². The van der Waals surface area contributed by atoms with Crippen molar-refractivity contribution in [2.24, 2.45) is 0 Å². The number of anilines is 1. The molecule has 0 heterocycles. The molecule has 2 N–H and O–H groups in total. The van der Waals surface area contributed by atoms with Gasteiger partial charge in [-0.15, -0.1) is 0 Å². The first-order valence-electron chi connectivity index (χ1n) is 4.12. The normalized spacial score (nSPS) is 12.9. The van der Waals surface area contributed by atoms with Crippen molar-refractivity contribution < 1.29 is 26.3 Å². The van der Waals surface area contributed by atoms with Crippen LogP contribution in [0, 0.1) is 0 Å². The molecule has 0 aliphatic rings. The van der Waals surface area contributed by atoms with Crippen LogP contribution in [0.5, 0.6) is 0 Å². The Hall–Kier alpha value is -1.40. The Morgan fingerprint density at radius 3 is 2.00 bits per heavy atom. The summed E-state index contributed by atoms with van der Waals surface area (Å²) in [7, 11) is 0. The maximum Gasteiger partial charge on any atom is 0.416 e. The summed E-state index contributed by atoms with van der Waals surface area (Å²) < 4.78 is 73.2. The molecule has 1 nitrogen and oxygen atoms in total. The van der Waals surface area contributed by atoms with Crippen LogP contribution in [0.3, 0.4) is 0 Å². The first-order valence-corrected chi connectivity index (χ1v) is 4.12. The van der Waals surface area contributed by atoms with Crippen molar-refractivity contribution in [3.63, 3.8) is 0 Å². The molecule has 1 aromatic carbocycles. The number of alkyl halides is 6. The monoisotopic (exact) mass is 243 g/mol. The van der Waals surface area contributed by atoms with Gasteiger partial charge in [0.25, 0.3) is 0 Å². The summed E-state index contributed by atoms with van der Waals surface area (Å²) in [6.07, 6.45) is -11.1. The van der Waals surface area contributed by atoms with E-state index in [-0.39, 0.29) is 5.69 Å². The number of halogens is 6. The second-order valence-corrected chi connectivity index (χ2v) is 3.21. The average Bonchev–Trinajstić information content (AvgIpc) is 2.04. The molecule has 0 aromatic heterocycles. The zero-order valence-electron chi connectivity index (χ0n) is 7.78. The molecular weight excluding hydrogens is 236 g/mol. The van der Waals surface area contributed by atoms with Crippen LogP contribution >= 0.6 is 0 Å². The summed E-state index contributed by atoms with van der Waals surface area (Å²) in [6.45, 7) is 0. The third-order valence-corrected chi connectivity index (χ3v) is 1.83. The first-order chi connectivity index (χ1) is 7.09. The van der Waals surface area contributed by atoms with Crippen molar-refractivity contribution in [3.8, 4) is 0 Å². The fourth-order valence-electron chi connectivity index (χ4n) is 1.23. The molecule has 1 rings (SSSR count). The SMILES string of the molecule is Nc1ccc(CC(F)(F)F)c(C(F)(F)F)c1. The van der Waals surface area contributed by atoms with Crippen LogP contribution in [-0.4, -0.2) is 6.18 Å². The molecule has 0 fully saturated rings. The molecular formula is C9H7F6N. The van der Waals surface area contributed by atoms with E-state index in [0.717, 1.165) is 12.1 Å². The summed E-state index contributed by atoms with van der Waals surface area (Å²) in [5, 5.41) is 0. The molecule has 0 aliphatic carbocycles. The lowest BCUT2D eigenvalue weighted by Gasteiger charge is -2.14. The highest BCUT2D eigenvalue weighted by atomic mass is 19.4. The molecule has 90 valence electrons. The van der Waals surface area contributed by atoms with Crippen LogP contribution in [0.4, 0.5) is 32.0 Å². The topological polar surface area (TPSA) is 26.0 Å². The summed E-state index contributed by atoms with van der Waals surface area (Å²) in [5.41, 5.74) is 2.72. The second-order valence-electron chi connectivity index (χ2n) is 3.21. The fourth-order valence-corrected chi connectivity index (χ4v) is 1.23. The van der Waals surface area contributed by atoms with E-state index >= 15 is 0 Å². The number of rotatable bonds is 1. The highest BCUT2D eigenvalue weighted by molar-refractivity contribution is 5.46. The molecule has 7 heteroatoms. The predicted molar refractivity (Wildman–Crippen MR) is 45.6 cm³/mol. The Morgan fingerprint density at radius 1 is 1.00 bits per heavy atom. The van der Waals surface area contributed by atoms with Crippen LogP contribution in [-0.2, 0) is 12.6 Å². The molecule has 0 radical (unpaired) electrons. The number of hydrogen-bond donors (Lipinski definition) is 1. The maximum atomic E-state index is 12.4. The maximum absolute atomic E-state index is 12.4. The zero-order valence-corrected chi connectivity index (χ0v) is 7.78. The quantitative estimate of drug-likeness (QED) is 0.593. The van der Waals surface area contributed by atoms with Gasteiger partial charge in [-0.2, -0.15) is 26.3 Å². The molecule has 0 amide bonds. The summed E-state index contributed by atoms with van der Waals surface area (Å²) >= 11 is 0. The summed E-state index contributed by atoms with van der Waals surface area (Å²) in [5.74, 6) is 0. The van der Waals surface area contributed by atoms with Gasteiger partial charge in [-0.25, -0.2) is 0 Å². The Labute approximate surface area is 86.9 Å². The van der Waals surface area contributed by atoms with Gasteiger partial charge < -0.3 is 5.73 Å². The van der Waals surface area contributed by atoms with E-state index in [9.17, 15) is 26.3 Å². The molecule has 0 saturated heterocycles. The van der Waals surface area contributed by atoms with Crippen molar-refractivity contribution in [3.05, 3.63) is 29.3 Å². The van der Waals surface area contributed by atoms with E-state index in [0.29, 0.717) is 6.07 Å². The highest BCUT2D eigenvalue weighted by Gasteiger charge is 2.37. The van der Waals surface area contributed by atoms with Gasteiger partial charge in [0.1, 0.15) is 0 Å². The standard InChI is InChI=1S/C9H7F6N/c10-8(11,12)4-5-1-2-6(16)3-7(5)9(13,14)15/h1-3H,4,16H2. The molecule has 1 aromatic rings. The summed E-state index contributed by atoms with van der Waals surface area (Å²) in [6, 6.07) is 2.25. The highest BCUT2D eigenvalue weighted by Crippen LogP contribution is 2.35. The first kappa shape index (κ1) is 12.7. The molecule has 0 spiro atoms. The van der Waals surface area contributed by atoms with Crippen LogP contribution in [0.1, 0.15) is 11.1 Å². The number of nitrogen functional groups attached to an aromatic ring is 1. The Bertz CT molecular complexity index is 379. The van der Waals surface area contributed by atoms with Crippen molar-refractivity contribution in [2.45, 2.75) is 18.8 Å². The van der Waals surface area contributed by atoms with Gasteiger partial charge in [-0.1, -0.05) is 6.07 Å². The van der Waals surface area contributed by atoms with Crippen LogP contribution in [0.15, 0.2) is 18.2 Å². The smallest absolute Gasteiger partial charge is 0.399 e. The van der Waals surface area contributed by atoms with Gasteiger partial charge in [0.15, 0.2) is 0 Å². The third kappa shape index (κ3) is 3.32. The van der Waals surface area contributed by atoms with Crippen LogP contribution in [0.2, 0.25) is 0 Å². The van der Waals surface area contributed by atoms with E-state index in [1.165, 1.54) is 0 Å². The van der Waals surface area contributed by atoms with Crippen molar-refractivity contribution >= 4 is 5.69 Å². The average molecular weight is 243 g/mol. The van der Waals surface area contributed by atoms with Gasteiger partial charge >= 0.3 is 12.4 Å². The van der Waals surface area contributed by atoms with Gasteiger partial charge in [-0.05, 0) is 17.7 Å². The van der Waals surface area contributed by atoms with E-state index in [1.54, 1.807) is 0 Å². The summed E-state index contributed by atoms with van der Waals surface area (Å²) in [4.78, 5) is 0. The number of benzene rings is 1. The van der Waals surface area contributed by atoms with Gasteiger partial charge in [-0.3, -0.25) is 0 Å².